The Morgan fingerprint density at radius 1 is 1.38 bits per heavy atom. The minimum atomic E-state index is 0.403. The van der Waals surface area contributed by atoms with Crippen LogP contribution in [0.25, 0.3) is 0 Å². The predicted octanol–water partition coefficient (Wildman–Crippen LogP) is 0.310. The van der Waals surface area contributed by atoms with Gasteiger partial charge in [0.2, 0.25) is 0 Å². The molecule has 4 heteroatoms. The van der Waals surface area contributed by atoms with Crippen molar-refractivity contribution in [2.75, 3.05) is 0 Å². The highest BCUT2D eigenvalue weighted by atomic mass is 16.1. The maximum atomic E-state index is 10.2. The van der Waals surface area contributed by atoms with Gasteiger partial charge >= 0.3 is 0 Å². The molecule has 4 nitrogen and oxygen atoms in total. The van der Waals surface area contributed by atoms with Gasteiger partial charge in [-0.05, 0) is 11.1 Å². The molecule has 1 aromatic heterocycles. The van der Waals surface area contributed by atoms with Gasteiger partial charge < -0.3 is 10.6 Å². The Hall–Kier alpha value is -1.71. The third-order valence-electron chi connectivity index (χ3n) is 1.60. The zero-order valence-electron chi connectivity index (χ0n) is 7.18. The summed E-state index contributed by atoms with van der Waals surface area (Å²) in [7, 11) is 0. The van der Waals surface area contributed by atoms with Gasteiger partial charge in [0.1, 0.15) is 6.29 Å². The summed E-state index contributed by atoms with van der Waals surface area (Å²) >= 11 is 0. The van der Waals surface area contributed by atoms with Crippen molar-refractivity contribution in [3.63, 3.8) is 0 Å². The van der Waals surface area contributed by atoms with Crippen molar-refractivity contribution in [3.8, 4) is 0 Å². The van der Waals surface area contributed by atoms with Crippen LogP contribution in [-0.2, 0) is 17.6 Å². The lowest BCUT2D eigenvalue weighted by atomic mass is 10.1. The number of nitrogens with zero attached hydrogens (tertiary/aromatic N) is 2. The minimum absolute atomic E-state index is 0.403. The molecule has 0 saturated heterocycles. The summed E-state index contributed by atoms with van der Waals surface area (Å²) in [4.78, 5) is 14.2. The molecule has 0 radical (unpaired) electrons. The van der Waals surface area contributed by atoms with Crippen LogP contribution in [0.4, 0.5) is 0 Å². The van der Waals surface area contributed by atoms with Crippen LogP contribution in [-0.4, -0.2) is 17.5 Å². The fourth-order valence-corrected chi connectivity index (χ4v) is 1.02. The van der Waals surface area contributed by atoms with Gasteiger partial charge in [-0.1, -0.05) is 6.07 Å². The molecular formula is C9H11N3O. The first-order valence-electron chi connectivity index (χ1n) is 3.95. The van der Waals surface area contributed by atoms with E-state index in [0.29, 0.717) is 12.8 Å². The van der Waals surface area contributed by atoms with Crippen molar-refractivity contribution in [3.05, 3.63) is 29.6 Å². The van der Waals surface area contributed by atoms with E-state index in [1.165, 1.54) is 0 Å². The summed E-state index contributed by atoms with van der Waals surface area (Å²) in [5.74, 6) is 4.97. The van der Waals surface area contributed by atoms with Gasteiger partial charge in [0.25, 0.3) is 0 Å². The molecule has 0 aliphatic carbocycles. The van der Waals surface area contributed by atoms with Crippen LogP contribution in [0.2, 0.25) is 0 Å². The van der Waals surface area contributed by atoms with Crippen LogP contribution in [0.3, 0.4) is 0 Å². The molecule has 0 atom stereocenters. The van der Waals surface area contributed by atoms with Gasteiger partial charge in [0.15, 0.2) is 0 Å². The summed E-state index contributed by atoms with van der Waals surface area (Å²) < 4.78 is 0. The number of carbonyl (C=O) groups is 1. The molecule has 2 N–H and O–H groups in total. The Balaban J connectivity index is 2.72. The molecule has 1 rings (SSSR count). The number of rotatable bonds is 4. The van der Waals surface area contributed by atoms with Crippen LogP contribution >= 0.6 is 0 Å². The molecule has 0 fully saturated rings. The van der Waals surface area contributed by atoms with E-state index in [9.17, 15) is 4.79 Å². The third kappa shape index (κ3) is 3.02. The molecule has 0 saturated carbocycles. The van der Waals surface area contributed by atoms with Gasteiger partial charge in [-0.25, -0.2) is 0 Å². The monoisotopic (exact) mass is 177 g/mol. The molecule has 0 aromatic carbocycles. The van der Waals surface area contributed by atoms with Crippen molar-refractivity contribution in [1.82, 2.24) is 4.98 Å². The smallest absolute Gasteiger partial charge is 0.124 e. The highest BCUT2D eigenvalue weighted by Crippen LogP contribution is 2.02. The number of hydrazone groups is 1. The van der Waals surface area contributed by atoms with Gasteiger partial charge in [-0.3, -0.25) is 4.98 Å². The van der Waals surface area contributed by atoms with Crippen LogP contribution in [0.1, 0.15) is 11.1 Å². The van der Waals surface area contributed by atoms with E-state index >= 15 is 0 Å². The molecule has 0 aliphatic heterocycles. The first-order chi connectivity index (χ1) is 6.36. The van der Waals surface area contributed by atoms with Crippen LogP contribution in [0.15, 0.2) is 23.6 Å². The summed E-state index contributed by atoms with van der Waals surface area (Å²) in [5.41, 5.74) is 1.92. The molecule has 1 aromatic rings. The average molecular weight is 177 g/mol. The van der Waals surface area contributed by atoms with E-state index < -0.39 is 0 Å². The van der Waals surface area contributed by atoms with Crippen molar-refractivity contribution in [2.45, 2.75) is 12.8 Å². The Bertz CT molecular complexity index is 309. The van der Waals surface area contributed by atoms with Crippen molar-refractivity contribution >= 4 is 12.5 Å². The third-order valence-corrected chi connectivity index (χ3v) is 1.60. The van der Waals surface area contributed by atoms with E-state index in [4.69, 9.17) is 5.84 Å². The van der Waals surface area contributed by atoms with Gasteiger partial charge in [0, 0.05) is 31.4 Å². The standard InChI is InChI=1S/C9H11N3O/c10-12-3-1-8-5-9(2-4-13)7-11-6-8/h3-7H,1-2,10H2. The highest BCUT2D eigenvalue weighted by molar-refractivity contribution is 5.61. The molecule has 0 aliphatic rings. The molecule has 0 unspecified atom stereocenters. The predicted molar refractivity (Wildman–Crippen MR) is 50.4 cm³/mol. The van der Waals surface area contributed by atoms with Crippen molar-refractivity contribution < 1.29 is 4.79 Å². The molecule has 0 spiro atoms. The highest BCUT2D eigenvalue weighted by Gasteiger charge is 1.94. The zero-order chi connectivity index (χ0) is 9.52. The topological polar surface area (TPSA) is 68.3 Å². The van der Waals surface area contributed by atoms with E-state index in [-0.39, 0.29) is 0 Å². The summed E-state index contributed by atoms with van der Waals surface area (Å²) in [6.45, 7) is 0. The lowest BCUT2D eigenvalue weighted by Gasteiger charge is -1.97. The Labute approximate surface area is 76.5 Å². The van der Waals surface area contributed by atoms with E-state index in [1.54, 1.807) is 18.6 Å². The van der Waals surface area contributed by atoms with Crippen LogP contribution in [0, 0.1) is 0 Å². The minimum Gasteiger partial charge on any atom is -0.324 e. The second kappa shape index (κ2) is 5.03. The Morgan fingerprint density at radius 2 is 2.08 bits per heavy atom. The summed E-state index contributed by atoms with van der Waals surface area (Å²) in [5, 5.41) is 3.38. The molecule has 0 amide bonds. The number of hydrogen-bond acceptors (Lipinski definition) is 4. The van der Waals surface area contributed by atoms with E-state index in [0.717, 1.165) is 17.4 Å². The number of pyridine rings is 1. The first-order valence-corrected chi connectivity index (χ1v) is 3.95. The first kappa shape index (κ1) is 9.38. The summed E-state index contributed by atoms with van der Waals surface area (Å²) in [6, 6.07) is 1.92. The molecular weight excluding hydrogens is 166 g/mol. The van der Waals surface area contributed by atoms with Gasteiger partial charge in [-0.15, -0.1) is 0 Å². The zero-order valence-corrected chi connectivity index (χ0v) is 7.18. The maximum absolute atomic E-state index is 10.2. The molecule has 13 heavy (non-hydrogen) atoms. The quantitative estimate of drug-likeness (QED) is 0.311. The lowest BCUT2D eigenvalue weighted by Crippen LogP contribution is -1.94. The Kier molecular flexibility index (Phi) is 3.63. The largest absolute Gasteiger partial charge is 0.324 e. The number of hydrogen-bond donors (Lipinski definition) is 1. The second-order valence-corrected chi connectivity index (χ2v) is 2.61. The fourth-order valence-electron chi connectivity index (χ4n) is 1.02. The van der Waals surface area contributed by atoms with E-state index in [1.807, 2.05) is 6.07 Å². The SMILES string of the molecule is NN=CCc1cncc(CC=O)c1. The normalized spacial score (nSPS) is 10.5. The van der Waals surface area contributed by atoms with Gasteiger partial charge in [0.05, 0.1) is 0 Å². The maximum Gasteiger partial charge on any atom is 0.124 e. The molecule has 0 bridgehead atoms. The number of aldehydes is 1. The van der Waals surface area contributed by atoms with E-state index in [2.05, 4.69) is 10.1 Å². The van der Waals surface area contributed by atoms with Crippen LogP contribution in [0.5, 0.6) is 0 Å². The lowest BCUT2D eigenvalue weighted by molar-refractivity contribution is -0.107. The van der Waals surface area contributed by atoms with Crippen molar-refractivity contribution in [2.24, 2.45) is 10.9 Å². The van der Waals surface area contributed by atoms with Gasteiger partial charge in [-0.2, -0.15) is 5.10 Å². The number of aromatic nitrogens is 1. The number of carbonyl (C=O) groups excluding carboxylic acids is 1. The second-order valence-electron chi connectivity index (χ2n) is 2.61. The molecule has 68 valence electrons. The molecule has 1 heterocycles. The average Bonchev–Trinajstić information content (AvgIpc) is 2.16. The van der Waals surface area contributed by atoms with Crippen molar-refractivity contribution in [1.29, 1.82) is 0 Å². The summed E-state index contributed by atoms with van der Waals surface area (Å²) in [6.07, 6.45) is 6.92. The number of nitrogens with two attached hydrogens (primary N) is 1. The van der Waals surface area contributed by atoms with Crippen LogP contribution < -0.4 is 5.84 Å². The Morgan fingerprint density at radius 3 is 2.69 bits per heavy atom. The fraction of sp³-hybridized carbons (Fsp3) is 0.222.